The van der Waals surface area contributed by atoms with Crippen LogP contribution in [0.4, 0.5) is 10.8 Å². The Balaban J connectivity index is 2.08. The van der Waals surface area contributed by atoms with Gasteiger partial charge in [-0.2, -0.15) is 4.37 Å². The topological polar surface area (TPSA) is 58.0 Å². The third-order valence-electron chi connectivity index (χ3n) is 2.12. The van der Waals surface area contributed by atoms with Crippen LogP contribution in [0.25, 0.3) is 0 Å². The van der Waals surface area contributed by atoms with E-state index in [1.54, 1.807) is 19.1 Å². The highest BCUT2D eigenvalue weighted by atomic mass is 35.5. The molecule has 1 unspecified atom stereocenters. The maximum atomic E-state index is 9.24. The summed E-state index contributed by atoms with van der Waals surface area (Å²) in [7, 11) is 0. The molecular formula is C11H11Cl2N3OS. The van der Waals surface area contributed by atoms with Crippen molar-refractivity contribution < 1.29 is 5.11 Å². The summed E-state index contributed by atoms with van der Waals surface area (Å²) in [6.07, 6.45) is -0.00283. The van der Waals surface area contributed by atoms with E-state index in [0.717, 1.165) is 5.69 Å². The highest BCUT2D eigenvalue weighted by molar-refractivity contribution is 7.09. The maximum absolute atomic E-state index is 9.24. The Kier molecular flexibility index (Phi) is 4.40. The Morgan fingerprint density at radius 2 is 2.17 bits per heavy atom. The predicted molar refractivity (Wildman–Crippen MR) is 75.0 cm³/mol. The lowest BCUT2D eigenvalue weighted by Gasteiger charge is -2.03. The van der Waals surface area contributed by atoms with Crippen molar-refractivity contribution in [3.05, 3.63) is 34.1 Å². The number of aromatic nitrogens is 2. The normalized spacial score (nSPS) is 12.4. The van der Waals surface area contributed by atoms with Gasteiger partial charge in [0.25, 0.3) is 0 Å². The fraction of sp³-hybridized carbons (Fsp3) is 0.273. The summed E-state index contributed by atoms with van der Waals surface area (Å²) >= 11 is 13.0. The lowest BCUT2D eigenvalue weighted by atomic mass is 10.3. The molecule has 0 aliphatic heterocycles. The van der Waals surface area contributed by atoms with E-state index in [1.807, 2.05) is 6.07 Å². The Morgan fingerprint density at radius 1 is 1.39 bits per heavy atom. The summed E-state index contributed by atoms with van der Waals surface area (Å²) in [6, 6.07) is 5.24. The number of nitrogens with one attached hydrogen (secondary N) is 1. The van der Waals surface area contributed by atoms with E-state index in [-0.39, 0.29) is 0 Å². The molecule has 0 fully saturated rings. The number of nitrogens with zero attached hydrogens (tertiary/aromatic N) is 2. The number of hydrogen-bond donors (Lipinski definition) is 2. The van der Waals surface area contributed by atoms with Crippen LogP contribution in [-0.2, 0) is 6.42 Å². The van der Waals surface area contributed by atoms with Crippen LogP contribution in [0, 0.1) is 0 Å². The van der Waals surface area contributed by atoms with Crippen molar-refractivity contribution in [3.8, 4) is 0 Å². The van der Waals surface area contributed by atoms with Gasteiger partial charge < -0.3 is 10.4 Å². The second-order valence-electron chi connectivity index (χ2n) is 3.82. The van der Waals surface area contributed by atoms with Crippen molar-refractivity contribution >= 4 is 45.6 Å². The van der Waals surface area contributed by atoms with E-state index >= 15 is 0 Å². The molecule has 1 heterocycles. The van der Waals surface area contributed by atoms with Crippen LogP contribution in [0.2, 0.25) is 10.0 Å². The second-order valence-corrected chi connectivity index (χ2v) is 5.39. The van der Waals surface area contributed by atoms with Gasteiger partial charge in [0.1, 0.15) is 5.82 Å². The van der Waals surface area contributed by atoms with Crippen LogP contribution < -0.4 is 5.32 Å². The van der Waals surface area contributed by atoms with Crippen LogP contribution in [0.1, 0.15) is 12.7 Å². The first-order chi connectivity index (χ1) is 8.54. The van der Waals surface area contributed by atoms with Gasteiger partial charge in [-0.25, -0.2) is 4.98 Å². The summed E-state index contributed by atoms with van der Waals surface area (Å²) in [5.41, 5.74) is 0.796. The van der Waals surface area contributed by atoms with Gasteiger partial charge in [-0.05, 0) is 25.1 Å². The van der Waals surface area contributed by atoms with Crippen molar-refractivity contribution in [2.24, 2.45) is 0 Å². The number of anilines is 2. The van der Waals surface area contributed by atoms with Gasteiger partial charge in [0.15, 0.2) is 0 Å². The van der Waals surface area contributed by atoms with Crippen molar-refractivity contribution in [2.75, 3.05) is 5.32 Å². The van der Waals surface area contributed by atoms with Gasteiger partial charge in [-0.3, -0.25) is 0 Å². The Hall–Kier alpha value is -0.880. The minimum absolute atomic E-state index is 0.444. The molecule has 2 N–H and O–H groups in total. The van der Waals surface area contributed by atoms with Crippen molar-refractivity contribution in [2.45, 2.75) is 19.4 Å². The lowest BCUT2D eigenvalue weighted by Crippen LogP contribution is -2.05. The van der Waals surface area contributed by atoms with Gasteiger partial charge in [0.2, 0.25) is 5.13 Å². The molecule has 4 nitrogen and oxygen atoms in total. The first kappa shape index (κ1) is 13.5. The fourth-order valence-electron chi connectivity index (χ4n) is 1.35. The number of aliphatic hydroxyl groups excluding tert-OH is 1. The molecule has 0 aliphatic carbocycles. The molecule has 0 spiro atoms. The molecule has 0 saturated carbocycles. The van der Waals surface area contributed by atoms with Crippen molar-refractivity contribution in [3.63, 3.8) is 0 Å². The number of aliphatic hydroxyl groups is 1. The Labute approximate surface area is 119 Å². The highest BCUT2D eigenvalue weighted by Gasteiger charge is 2.07. The zero-order valence-electron chi connectivity index (χ0n) is 9.52. The molecule has 0 saturated heterocycles. The molecule has 2 rings (SSSR count). The zero-order chi connectivity index (χ0) is 13.1. The minimum Gasteiger partial charge on any atom is -0.393 e. The molecular weight excluding hydrogens is 293 g/mol. The van der Waals surface area contributed by atoms with Crippen LogP contribution in [0.15, 0.2) is 18.2 Å². The van der Waals surface area contributed by atoms with Gasteiger partial charge >= 0.3 is 0 Å². The number of hydrogen-bond acceptors (Lipinski definition) is 5. The summed E-state index contributed by atoms with van der Waals surface area (Å²) in [4.78, 5) is 4.26. The van der Waals surface area contributed by atoms with Gasteiger partial charge in [-0.15, -0.1) is 0 Å². The average Bonchev–Trinajstić information content (AvgIpc) is 2.70. The monoisotopic (exact) mass is 303 g/mol. The van der Waals surface area contributed by atoms with E-state index in [4.69, 9.17) is 23.2 Å². The quantitative estimate of drug-likeness (QED) is 0.907. The largest absolute Gasteiger partial charge is 0.393 e. The minimum atomic E-state index is -0.447. The standard InChI is InChI=1S/C11H11Cl2N3OS/c1-6(17)4-10-15-11(18-16-10)14-7-2-3-8(12)9(13)5-7/h2-3,5-6,17H,4H2,1H3,(H,14,15,16). The van der Waals surface area contributed by atoms with Crippen LogP contribution in [-0.4, -0.2) is 20.6 Å². The second kappa shape index (κ2) is 5.84. The average molecular weight is 304 g/mol. The molecule has 1 aromatic carbocycles. The van der Waals surface area contributed by atoms with Gasteiger partial charge in [0.05, 0.1) is 16.1 Å². The third kappa shape index (κ3) is 3.55. The van der Waals surface area contributed by atoms with Crippen molar-refractivity contribution in [1.29, 1.82) is 0 Å². The summed E-state index contributed by atoms with van der Waals surface area (Å²) in [5, 5.41) is 14.0. The Morgan fingerprint density at radius 3 is 2.83 bits per heavy atom. The molecule has 96 valence electrons. The predicted octanol–water partition coefficient (Wildman–Crippen LogP) is 3.51. The number of benzene rings is 1. The van der Waals surface area contributed by atoms with E-state index < -0.39 is 6.10 Å². The van der Waals surface area contributed by atoms with Gasteiger partial charge in [-0.1, -0.05) is 23.2 Å². The van der Waals surface area contributed by atoms with Crippen LogP contribution >= 0.6 is 34.7 Å². The molecule has 7 heteroatoms. The lowest BCUT2D eigenvalue weighted by molar-refractivity contribution is 0.193. The maximum Gasteiger partial charge on any atom is 0.207 e. The first-order valence-electron chi connectivity index (χ1n) is 5.27. The molecule has 0 bridgehead atoms. The molecule has 1 atom stereocenters. The van der Waals surface area contributed by atoms with E-state index in [2.05, 4.69) is 14.7 Å². The van der Waals surface area contributed by atoms with E-state index in [9.17, 15) is 5.11 Å². The van der Waals surface area contributed by atoms with E-state index in [1.165, 1.54) is 11.5 Å². The summed E-state index contributed by atoms with van der Waals surface area (Å²) in [6.45, 7) is 1.70. The molecule has 0 amide bonds. The highest BCUT2D eigenvalue weighted by Crippen LogP contribution is 2.27. The first-order valence-corrected chi connectivity index (χ1v) is 6.80. The molecule has 0 radical (unpaired) electrons. The van der Waals surface area contributed by atoms with Gasteiger partial charge in [0, 0.05) is 23.6 Å². The number of halogens is 2. The van der Waals surface area contributed by atoms with Crippen molar-refractivity contribution in [1.82, 2.24) is 9.36 Å². The smallest absolute Gasteiger partial charge is 0.207 e. The molecule has 1 aromatic heterocycles. The Bertz CT molecular complexity index is 545. The SMILES string of the molecule is CC(O)Cc1nsc(Nc2ccc(Cl)c(Cl)c2)n1. The van der Waals surface area contributed by atoms with Crippen LogP contribution in [0.3, 0.4) is 0 Å². The number of rotatable bonds is 4. The van der Waals surface area contributed by atoms with E-state index in [0.29, 0.717) is 27.4 Å². The fourth-order valence-corrected chi connectivity index (χ4v) is 2.26. The summed E-state index contributed by atoms with van der Waals surface area (Å²) < 4.78 is 4.14. The molecule has 18 heavy (non-hydrogen) atoms. The zero-order valence-corrected chi connectivity index (χ0v) is 11.9. The van der Waals surface area contributed by atoms with Crippen LogP contribution in [0.5, 0.6) is 0 Å². The molecule has 0 aliphatic rings. The molecule has 2 aromatic rings. The third-order valence-corrected chi connectivity index (χ3v) is 3.52. The summed E-state index contributed by atoms with van der Waals surface area (Å²) in [5.74, 6) is 0.623.